The number of carbonyl (C=O) groups is 1. The van der Waals surface area contributed by atoms with Crippen LogP contribution >= 0.6 is 12.4 Å². The second-order valence-electron chi connectivity index (χ2n) is 5.95. The Labute approximate surface area is 125 Å². The van der Waals surface area contributed by atoms with Gasteiger partial charge in [-0.3, -0.25) is 4.79 Å². The summed E-state index contributed by atoms with van der Waals surface area (Å²) in [4.78, 5) is 14.2. The number of hydrogen-bond acceptors (Lipinski definition) is 2. The molecule has 0 aromatic rings. The monoisotopic (exact) mass is 292 g/mol. The van der Waals surface area contributed by atoms with Crippen LogP contribution in [0.1, 0.15) is 53.4 Å². The molecule has 0 aromatic carbocycles. The Balaban J connectivity index is 0. The number of nitrogens with zero attached hydrogens (tertiary/aromatic N) is 1. The molecule has 0 heterocycles. The predicted molar refractivity (Wildman–Crippen MR) is 85.9 cm³/mol. The van der Waals surface area contributed by atoms with Crippen LogP contribution in [0.15, 0.2) is 0 Å². The minimum atomic E-state index is 0. The molecule has 0 aliphatic heterocycles. The Hall–Kier alpha value is -0.280. The van der Waals surface area contributed by atoms with Gasteiger partial charge in [0.05, 0.1) is 0 Å². The molecular weight excluding hydrogens is 260 g/mol. The molecule has 19 heavy (non-hydrogen) atoms. The molecule has 0 saturated heterocycles. The summed E-state index contributed by atoms with van der Waals surface area (Å²) < 4.78 is 0. The Morgan fingerprint density at radius 2 is 1.53 bits per heavy atom. The van der Waals surface area contributed by atoms with Gasteiger partial charge in [-0.2, -0.15) is 0 Å². The maximum Gasteiger partial charge on any atom is 0.222 e. The van der Waals surface area contributed by atoms with Gasteiger partial charge in [-0.25, -0.2) is 0 Å². The van der Waals surface area contributed by atoms with Gasteiger partial charge in [-0.05, 0) is 44.7 Å². The normalized spacial score (nSPS) is 10.7. The summed E-state index contributed by atoms with van der Waals surface area (Å²) >= 11 is 0. The molecule has 0 saturated carbocycles. The predicted octanol–water partition coefficient (Wildman–Crippen LogP) is 3.33. The van der Waals surface area contributed by atoms with Crippen LogP contribution in [0.2, 0.25) is 0 Å². The van der Waals surface area contributed by atoms with E-state index in [0.29, 0.717) is 24.2 Å². The topological polar surface area (TPSA) is 32.3 Å². The summed E-state index contributed by atoms with van der Waals surface area (Å²) in [6.07, 6.45) is 3.83. The highest BCUT2D eigenvalue weighted by Crippen LogP contribution is 2.08. The van der Waals surface area contributed by atoms with Crippen LogP contribution in [0.4, 0.5) is 0 Å². The molecule has 1 amide bonds. The summed E-state index contributed by atoms with van der Waals surface area (Å²) in [5.74, 6) is 1.65. The zero-order valence-corrected chi connectivity index (χ0v) is 14.2. The van der Waals surface area contributed by atoms with Crippen molar-refractivity contribution < 1.29 is 4.79 Å². The van der Waals surface area contributed by atoms with Gasteiger partial charge in [0, 0.05) is 19.5 Å². The van der Waals surface area contributed by atoms with Crippen LogP contribution in [-0.2, 0) is 4.79 Å². The van der Waals surface area contributed by atoms with Gasteiger partial charge in [-0.15, -0.1) is 12.4 Å². The number of hydrogen-bond donors (Lipinski definition) is 1. The standard InChI is InChI=1S/C15H32N2O.ClH/c1-13(2)8-11-17(12-9-14(3)4)15(18)7-6-10-16-5;/h13-14,16H,6-12H2,1-5H3;1H. The van der Waals surface area contributed by atoms with Gasteiger partial charge in [-0.1, -0.05) is 27.7 Å². The molecule has 0 unspecified atom stereocenters. The third-order valence-electron chi connectivity index (χ3n) is 3.12. The fraction of sp³-hybridized carbons (Fsp3) is 0.933. The lowest BCUT2D eigenvalue weighted by atomic mass is 10.1. The lowest BCUT2D eigenvalue weighted by Gasteiger charge is -2.24. The van der Waals surface area contributed by atoms with Gasteiger partial charge >= 0.3 is 0 Å². The van der Waals surface area contributed by atoms with Crippen molar-refractivity contribution in [2.24, 2.45) is 11.8 Å². The second kappa shape index (κ2) is 12.7. The molecule has 3 nitrogen and oxygen atoms in total. The number of rotatable bonds is 10. The van der Waals surface area contributed by atoms with E-state index in [9.17, 15) is 4.79 Å². The molecule has 0 bridgehead atoms. The molecule has 0 fully saturated rings. The van der Waals surface area contributed by atoms with Crippen molar-refractivity contribution in [1.29, 1.82) is 0 Å². The van der Waals surface area contributed by atoms with E-state index in [2.05, 4.69) is 37.9 Å². The highest BCUT2D eigenvalue weighted by atomic mass is 35.5. The molecule has 0 rings (SSSR count). The van der Waals surface area contributed by atoms with Gasteiger partial charge in [0.1, 0.15) is 0 Å². The molecule has 0 radical (unpaired) electrons. The van der Waals surface area contributed by atoms with Gasteiger partial charge in [0.25, 0.3) is 0 Å². The lowest BCUT2D eigenvalue weighted by molar-refractivity contribution is -0.131. The quantitative estimate of drug-likeness (QED) is 0.627. The van der Waals surface area contributed by atoms with E-state index in [1.807, 2.05) is 7.05 Å². The lowest BCUT2D eigenvalue weighted by Crippen LogP contribution is -2.34. The Morgan fingerprint density at radius 1 is 1.05 bits per heavy atom. The minimum Gasteiger partial charge on any atom is -0.343 e. The number of nitrogens with one attached hydrogen (secondary N) is 1. The Bertz CT molecular complexity index is 208. The molecular formula is C15H33ClN2O. The number of carbonyl (C=O) groups excluding carboxylic acids is 1. The molecule has 0 atom stereocenters. The van der Waals surface area contributed by atoms with E-state index >= 15 is 0 Å². The first-order chi connectivity index (χ1) is 8.47. The maximum absolute atomic E-state index is 12.1. The van der Waals surface area contributed by atoms with Crippen LogP contribution in [0.3, 0.4) is 0 Å². The van der Waals surface area contributed by atoms with Crippen LogP contribution in [0, 0.1) is 11.8 Å². The maximum atomic E-state index is 12.1. The molecule has 4 heteroatoms. The van der Waals surface area contributed by atoms with E-state index in [1.165, 1.54) is 0 Å². The molecule has 0 spiro atoms. The fourth-order valence-corrected chi connectivity index (χ4v) is 1.76. The van der Waals surface area contributed by atoms with Gasteiger partial charge in [0.15, 0.2) is 0 Å². The van der Waals surface area contributed by atoms with Crippen molar-refractivity contribution >= 4 is 18.3 Å². The van der Waals surface area contributed by atoms with E-state index < -0.39 is 0 Å². The molecule has 116 valence electrons. The molecule has 0 aliphatic carbocycles. The van der Waals surface area contributed by atoms with E-state index in [1.54, 1.807) is 0 Å². The van der Waals surface area contributed by atoms with Gasteiger partial charge < -0.3 is 10.2 Å². The third kappa shape index (κ3) is 12.5. The van der Waals surface area contributed by atoms with Crippen molar-refractivity contribution in [2.75, 3.05) is 26.7 Å². The number of halogens is 1. The summed E-state index contributed by atoms with van der Waals surface area (Å²) in [7, 11) is 1.93. The summed E-state index contributed by atoms with van der Waals surface area (Å²) in [6, 6.07) is 0. The first kappa shape index (κ1) is 21.0. The minimum absolute atomic E-state index is 0. The smallest absolute Gasteiger partial charge is 0.222 e. The fourth-order valence-electron chi connectivity index (χ4n) is 1.76. The van der Waals surface area contributed by atoms with Crippen molar-refractivity contribution in [3.05, 3.63) is 0 Å². The zero-order chi connectivity index (χ0) is 14.0. The largest absolute Gasteiger partial charge is 0.343 e. The highest BCUT2D eigenvalue weighted by Gasteiger charge is 2.13. The van der Waals surface area contributed by atoms with E-state index in [-0.39, 0.29) is 12.4 Å². The molecule has 0 aliphatic rings. The van der Waals surface area contributed by atoms with Crippen LogP contribution in [0.5, 0.6) is 0 Å². The summed E-state index contributed by atoms with van der Waals surface area (Å²) in [5, 5.41) is 3.09. The average Bonchev–Trinajstić information content (AvgIpc) is 2.28. The van der Waals surface area contributed by atoms with Crippen molar-refractivity contribution in [2.45, 2.75) is 53.4 Å². The SMILES string of the molecule is CNCCCC(=O)N(CCC(C)C)CCC(C)C.Cl. The van der Waals surface area contributed by atoms with Crippen LogP contribution < -0.4 is 5.32 Å². The van der Waals surface area contributed by atoms with Crippen molar-refractivity contribution in [1.82, 2.24) is 10.2 Å². The zero-order valence-electron chi connectivity index (χ0n) is 13.4. The highest BCUT2D eigenvalue weighted by molar-refractivity contribution is 5.85. The van der Waals surface area contributed by atoms with E-state index in [0.717, 1.165) is 38.9 Å². The first-order valence-corrected chi connectivity index (χ1v) is 7.39. The summed E-state index contributed by atoms with van der Waals surface area (Å²) in [5.41, 5.74) is 0. The third-order valence-corrected chi connectivity index (χ3v) is 3.12. The average molecular weight is 293 g/mol. The van der Waals surface area contributed by atoms with E-state index in [4.69, 9.17) is 0 Å². The molecule has 0 aromatic heterocycles. The summed E-state index contributed by atoms with van der Waals surface area (Å²) in [6.45, 7) is 11.6. The van der Waals surface area contributed by atoms with Crippen molar-refractivity contribution in [3.63, 3.8) is 0 Å². The Morgan fingerprint density at radius 3 is 1.89 bits per heavy atom. The van der Waals surface area contributed by atoms with Crippen molar-refractivity contribution in [3.8, 4) is 0 Å². The van der Waals surface area contributed by atoms with Crippen LogP contribution in [0.25, 0.3) is 0 Å². The second-order valence-corrected chi connectivity index (χ2v) is 5.95. The van der Waals surface area contributed by atoms with Gasteiger partial charge in [0.2, 0.25) is 5.91 Å². The molecule has 1 N–H and O–H groups in total. The number of amides is 1. The van der Waals surface area contributed by atoms with Crippen LogP contribution in [-0.4, -0.2) is 37.5 Å². The Kier molecular flexibility index (Phi) is 14.1. The first-order valence-electron chi connectivity index (χ1n) is 7.39.